The Morgan fingerprint density at radius 2 is 1.32 bits per heavy atom. The first-order valence-corrected chi connectivity index (χ1v) is 8.87. The Kier molecular flexibility index (Phi) is 9.30. The molecule has 0 heterocycles. The smallest absolute Gasteiger partial charge is 0.0232 e. The molecule has 1 fully saturated rings. The highest BCUT2D eigenvalue weighted by atomic mass is 14.2. The van der Waals surface area contributed by atoms with Crippen LogP contribution in [0.1, 0.15) is 97.8 Å². The molecule has 0 aromatic rings. The van der Waals surface area contributed by atoms with Crippen LogP contribution in [-0.4, -0.2) is 0 Å². The fourth-order valence-electron chi connectivity index (χ4n) is 3.45. The van der Waals surface area contributed by atoms with E-state index >= 15 is 0 Å². The van der Waals surface area contributed by atoms with Gasteiger partial charge in [-0.2, -0.15) is 0 Å². The normalized spacial score (nSPS) is 23.4. The van der Waals surface area contributed by atoms with Crippen LogP contribution in [0, 0.1) is 11.8 Å². The lowest BCUT2D eigenvalue weighted by Crippen LogP contribution is -2.08. The van der Waals surface area contributed by atoms with Crippen molar-refractivity contribution in [3.8, 4) is 0 Å². The lowest BCUT2D eigenvalue weighted by atomic mass is 9.84. The van der Waals surface area contributed by atoms with Gasteiger partial charge in [0.1, 0.15) is 0 Å². The first kappa shape index (κ1) is 16.8. The predicted octanol–water partition coefficient (Wildman–Crippen LogP) is 6.90. The summed E-state index contributed by atoms with van der Waals surface area (Å²) in [5.41, 5.74) is 1.59. The van der Waals surface area contributed by atoms with Gasteiger partial charge in [0.25, 0.3) is 0 Å². The number of hydrogen-bond acceptors (Lipinski definition) is 0. The summed E-state index contributed by atoms with van der Waals surface area (Å²) in [7, 11) is 0. The summed E-state index contributed by atoms with van der Waals surface area (Å²) in [4.78, 5) is 0. The van der Waals surface area contributed by atoms with Crippen molar-refractivity contribution in [1.82, 2.24) is 0 Å². The summed E-state index contributed by atoms with van der Waals surface area (Å²) >= 11 is 0. The largest absolute Gasteiger partial charge is 0.0885 e. The molecule has 0 aliphatic heterocycles. The molecule has 0 aromatic heterocycles. The van der Waals surface area contributed by atoms with Crippen LogP contribution in [0.4, 0.5) is 0 Å². The van der Waals surface area contributed by atoms with Crippen molar-refractivity contribution in [2.24, 2.45) is 11.8 Å². The van der Waals surface area contributed by atoms with Gasteiger partial charge in [-0.15, -0.1) is 0 Å². The third kappa shape index (κ3) is 7.80. The second-order valence-corrected chi connectivity index (χ2v) is 6.79. The quantitative estimate of drug-likeness (QED) is 0.486. The Bertz CT molecular complexity index is 226. The minimum absolute atomic E-state index is 0.794. The fourth-order valence-corrected chi connectivity index (χ4v) is 3.45. The average molecular weight is 264 g/mol. The Labute approximate surface area is 122 Å². The summed E-state index contributed by atoms with van der Waals surface area (Å²) < 4.78 is 0. The van der Waals surface area contributed by atoms with Crippen molar-refractivity contribution in [1.29, 1.82) is 0 Å². The summed E-state index contributed by atoms with van der Waals surface area (Å²) in [6, 6.07) is 0. The van der Waals surface area contributed by atoms with Gasteiger partial charge >= 0.3 is 0 Å². The maximum Gasteiger partial charge on any atom is -0.0232 e. The van der Waals surface area contributed by atoms with E-state index in [2.05, 4.69) is 26.8 Å². The van der Waals surface area contributed by atoms with Gasteiger partial charge in [-0.1, -0.05) is 89.2 Å². The SMILES string of the molecule is CC=C(C)C(C)CC1CCCCCCCCCCC1. The van der Waals surface area contributed by atoms with E-state index in [4.69, 9.17) is 0 Å². The lowest BCUT2D eigenvalue weighted by Gasteiger charge is -2.22. The van der Waals surface area contributed by atoms with E-state index in [0.29, 0.717) is 0 Å². The first-order valence-electron chi connectivity index (χ1n) is 8.87. The second kappa shape index (κ2) is 10.5. The highest BCUT2D eigenvalue weighted by Gasteiger charge is 2.14. The van der Waals surface area contributed by atoms with Gasteiger partial charge in [-0.3, -0.25) is 0 Å². The van der Waals surface area contributed by atoms with Gasteiger partial charge in [0.05, 0.1) is 0 Å². The zero-order valence-corrected chi connectivity index (χ0v) is 13.7. The molecule has 0 amide bonds. The minimum Gasteiger partial charge on any atom is -0.0885 e. The Morgan fingerprint density at radius 1 is 0.895 bits per heavy atom. The zero-order chi connectivity index (χ0) is 13.9. The van der Waals surface area contributed by atoms with Crippen LogP contribution in [0.2, 0.25) is 0 Å². The number of allylic oxidation sites excluding steroid dienone is 2. The Morgan fingerprint density at radius 3 is 1.74 bits per heavy atom. The van der Waals surface area contributed by atoms with Gasteiger partial charge in [-0.05, 0) is 32.1 Å². The van der Waals surface area contributed by atoms with E-state index in [9.17, 15) is 0 Å². The molecule has 1 rings (SSSR count). The molecule has 19 heavy (non-hydrogen) atoms. The van der Waals surface area contributed by atoms with Crippen molar-refractivity contribution >= 4 is 0 Å². The van der Waals surface area contributed by atoms with Gasteiger partial charge < -0.3 is 0 Å². The maximum absolute atomic E-state index is 2.42. The molecule has 1 atom stereocenters. The van der Waals surface area contributed by atoms with E-state index in [1.165, 1.54) is 77.0 Å². The predicted molar refractivity (Wildman–Crippen MR) is 87.5 cm³/mol. The number of hydrogen-bond donors (Lipinski definition) is 0. The molecule has 0 spiro atoms. The summed E-state index contributed by atoms with van der Waals surface area (Å²) in [6.45, 7) is 6.92. The van der Waals surface area contributed by atoms with Crippen LogP contribution in [0.15, 0.2) is 11.6 Å². The van der Waals surface area contributed by atoms with Crippen LogP contribution < -0.4 is 0 Å². The first-order chi connectivity index (χ1) is 9.24. The molecule has 112 valence electrons. The molecule has 0 N–H and O–H groups in total. The van der Waals surface area contributed by atoms with Crippen molar-refractivity contribution in [3.63, 3.8) is 0 Å². The molecule has 1 aliphatic rings. The zero-order valence-electron chi connectivity index (χ0n) is 13.7. The van der Waals surface area contributed by atoms with E-state index in [-0.39, 0.29) is 0 Å². The monoisotopic (exact) mass is 264 g/mol. The van der Waals surface area contributed by atoms with Crippen LogP contribution in [0.5, 0.6) is 0 Å². The second-order valence-electron chi connectivity index (χ2n) is 6.79. The third-order valence-corrected chi connectivity index (χ3v) is 5.14. The topological polar surface area (TPSA) is 0 Å². The molecule has 0 saturated heterocycles. The van der Waals surface area contributed by atoms with Crippen LogP contribution >= 0.6 is 0 Å². The summed E-state index contributed by atoms with van der Waals surface area (Å²) in [5.74, 6) is 1.78. The standard InChI is InChI=1S/C19H36/c1-4-17(2)18(3)16-19-14-12-10-8-6-5-7-9-11-13-15-19/h4,18-19H,5-16H2,1-3H3. The lowest BCUT2D eigenvalue weighted by molar-refractivity contribution is 0.342. The van der Waals surface area contributed by atoms with E-state index in [0.717, 1.165) is 11.8 Å². The molecule has 0 nitrogen and oxygen atoms in total. The highest BCUT2D eigenvalue weighted by Crippen LogP contribution is 2.28. The molecular weight excluding hydrogens is 228 g/mol. The van der Waals surface area contributed by atoms with Crippen molar-refractivity contribution in [2.75, 3.05) is 0 Å². The molecule has 0 bridgehead atoms. The Hall–Kier alpha value is -0.260. The molecular formula is C19H36. The summed E-state index contributed by atoms with van der Waals surface area (Å²) in [5, 5.41) is 0. The van der Waals surface area contributed by atoms with Crippen LogP contribution in [0.3, 0.4) is 0 Å². The van der Waals surface area contributed by atoms with E-state index in [1.54, 1.807) is 5.57 Å². The highest BCUT2D eigenvalue weighted by molar-refractivity contribution is 5.00. The molecule has 0 radical (unpaired) electrons. The maximum atomic E-state index is 2.42. The van der Waals surface area contributed by atoms with Gasteiger partial charge in [-0.25, -0.2) is 0 Å². The molecule has 1 saturated carbocycles. The average Bonchev–Trinajstić information content (AvgIpc) is 2.40. The van der Waals surface area contributed by atoms with E-state index < -0.39 is 0 Å². The van der Waals surface area contributed by atoms with Crippen molar-refractivity contribution < 1.29 is 0 Å². The molecule has 1 aliphatic carbocycles. The van der Waals surface area contributed by atoms with Gasteiger partial charge in [0, 0.05) is 0 Å². The van der Waals surface area contributed by atoms with Crippen LogP contribution in [0.25, 0.3) is 0 Å². The summed E-state index contributed by atoms with van der Waals surface area (Å²) in [6.07, 6.45) is 20.0. The van der Waals surface area contributed by atoms with Gasteiger partial charge in [0.2, 0.25) is 0 Å². The van der Waals surface area contributed by atoms with E-state index in [1.807, 2.05) is 0 Å². The molecule has 0 aromatic carbocycles. The molecule has 0 heteroatoms. The number of rotatable bonds is 3. The third-order valence-electron chi connectivity index (χ3n) is 5.14. The minimum atomic E-state index is 0.794. The Balaban J connectivity index is 2.38. The van der Waals surface area contributed by atoms with Gasteiger partial charge in [0.15, 0.2) is 0 Å². The fraction of sp³-hybridized carbons (Fsp3) is 0.895. The van der Waals surface area contributed by atoms with Crippen molar-refractivity contribution in [2.45, 2.75) is 97.8 Å². The van der Waals surface area contributed by atoms with Crippen molar-refractivity contribution in [3.05, 3.63) is 11.6 Å². The van der Waals surface area contributed by atoms with Crippen LogP contribution in [-0.2, 0) is 0 Å². The molecule has 1 unspecified atom stereocenters.